The molecule has 0 atom stereocenters. The fourth-order valence-electron chi connectivity index (χ4n) is 2.47. The molecule has 1 amide bonds. The number of amides is 1. The van der Waals surface area contributed by atoms with E-state index in [-0.39, 0.29) is 18.1 Å². The molecular weight excluding hydrogens is 350 g/mol. The second-order valence-corrected chi connectivity index (χ2v) is 5.45. The molecule has 0 aliphatic carbocycles. The molecule has 8 heteroatoms. The van der Waals surface area contributed by atoms with Gasteiger partial charge in [-0.25, -0.2) is 9.97 Å². The number of aromatic nitrogens is 2. The standard InChI is InChI=1S/C19H19N3O5/c1-24-14-7-6-12(9-16(14)26-3)19-22-13(11-27-19)10-21-18(23)17-15(25-2)5-4-8-20-17/h4-9,11H,10H2,1-3H3,(H,21,23). The number of nitrogens with zero attached hydrogens (tertiary/aromatic N) is 2. The summed E-state index contributed by atoms with van der Waals surface area (Å²) in [5, 5.41) is 2.75. The Morgan fingerprint density at radius 3 is 2.59 bits per heavy atom. The van der Waals surface area contributed by atoms with Crippen LogP contribution in [0.2, 0.25) is 0 Å². The van der Waals surface area contributed by atoms with Crippen LogP contribution in [0.25, 0.3) is 11.5 Å². The molecule has 3 rings (SSSR count). The number of ether oxygens (including phenoxy) is 3. The number of benzene rings is 1. The molecule has 3 aromatic rings. The quantitative estimate of drug-likeness (QED) is 0.684. The summed E-state index contributed by atoms with van der Waals surface area (Å²) < 4.78 is 21.2. The number of hydrogen-bond acceptors (Lipinski definition) is 7. The van der Waals surface area contributed by atoms with Crippen LogP contribution in [0.4, 0.5) is 0 Å². The molecule has 0 aliphatic heterocycles. The van der Waals surface area contributed by atoms with E-state index in [1.165, 1.54) is 19.6 Å². The molecule has 2 heterocycles. The number of methoxy groups -OCH3 is 3. The SMILES string of the molecule is COc1ccc(-c2nc(CNC(=O)c3ncccc3OC)co2)cc1OC. The topological polar surface area (TPSA) is 95.7 Å². The highest BCUT2D eigenvalue weighted by molar-refractivity contribution is 5.94. The molecule has 8 nitrogen and oxygen atoms in total. The second kappa shape index (κ2) is 8.22. The van der Waals surface area contributed by atoms with Crippen LogP contribution in [0, 0.1) is 0 Å². The van der Waals surface area contributed by atoms with Gasteiger partial charge in [0.05, 0.1) is 33.6 Å². The van der Waals surface area contributed by atoms with Crippen molar-refractivity contribution < 1.29 is 23.4 Å². The van der Waals surface area contributed by atoms with Gasteiger partial charge in [0.25, 0.3) is 5.91 Å². The minimum atomic E-state index is -0.358. The zero-order valence-electron chi connectivity index (χ0n) is 15.2. The maximum absolute atomic E-state index is 12.3. The van der Waals surface area contributed by atoms with Crippen molar-refractivity contribution in [3.63, 3.8) is 0 Å². The monoisotopic (exact) mass is 369 g/mol. The van der Waals surface area contributed by atoms with Crippen molar-refractivity contribution in [3.8, 4) is 28.7 Å². The summed E-state index contributed by atoms with van der Waals surface area (Å²) in [5.74, 6) is 1.65. The largest absolute Gasteiger partial charge is 0.494 e. The molecule has 1 N–H and O–H groups in total. The average molecular weight is 369 g/mol. The molecule has 0 bridgehead atoms. The minimum absolute atomic E-state index is 0.190. The summed E-state index contributed by atoms with van der Waals surface area (Å²) in [5.41, 5.74) is 1.52. The van der Waals surface area contributed by atoms with Gasteiger partial charge in [-0.05, 0) is 30.3 Å². The molecule has 0 saturated heterocycles. The Labute approximate surface area is 156 Å². The van der Waals surface area contributed by atoms with E-state index in [0.29, 0.717) is 28.8 Å². The molecule has 27 heavy (non-hydrogen) atoms. The zero-order valence-corrected chi connectivity index (χ0v) is 15.2. The van der Waals surface area contributed by atoms with E-state index < -0.39 is 0 Å². The van der Waals surface area contributed by atoms with Crippen molar-refractivity contribution in [2.75, 3.05) is 21.3 Å². The van der Waals surface area contributed by atoms with E-state index in [1.54, 1.807) is 38.5 Å². The highest BCUT2D eigenvalue weighted by Crippen LogP contribution is 2.31. The molecular formula is C19H19N3O5. The van der Waals surface area contributed by atoms with Crippen LogP contribution in [0.15, 0.2) is 47.2 Å². The van der Waals surface area contributed by atoms with E-state index in [4.69, 9.17) is 18.6 Å². The maximum Gasteiger partial charge on any atom is 0.274 e. The molecule has 0 unspecified atom stereocenters. The van der Waals surface area contributed by atoms with Crippen molar-refractivity contribution in [2.24, 2.45) is 0 Å². The van der Waals surface area contributed by atoms with Crippen molar-refractivity contribution in [2.45, 2.75) is 6.54 Å². The highest BCUT2D eigenvalue weighted by atomic mass is 16.5. The summed E-state index contributed by atoms with van der Waals surface area (Å²) in [7, 11) is 4.62. The number of oxazole rings is 1. The molecule has 0 fully saturated rings. The molecule has 1 aromatic carbocycles. The third-order valence-corrected chi connectivity index (χ3v) is 3.82. The maximum atomic E-state index is 12.3. The third-order valence-electron chi connectivity index (χ3n) is 3.82. The van der Waals surface area contributed by atoms with Gasteiger partial charge < -0.3 is 23.9 Å². The average Bonchev–Trinajstić information content (AvgIpc) is 3.20. The number of carbonyl (C=O) groups excluding carboxylic acids is 1. The first-order valence-corrected chi connectivity index (χ1v) is 8.10. The van der Waals surface area contributed by atoms with Gasteiger partial charge in [-0.2, -0.15) is 0 Å². The van der Waals surface area contributed by atoms with Crippen molar-refractivity contribution >= 4 is 5.91 Å². The Morgan fingerprint density at radius 2 is 1.85 bits per heavy atom. The summed E-state index contributed by atoms with van der Waals surface area (Å²) in [6.45, 7) is 0.190. The number of nitrogens with one attached hydrogen (secondary N) is 1. The lowest BCUT2D eigenvalue weighted by molar-refractivity contribution is 0.0942. The Hall–Kier alpha value is -3.55. The minimum Gasteiger partial charge on any atom is -0.494 e. The van der Waals surface area contributed by atoms with Crippen LogP contribution in [-0.4, -0.2) is 37.2 Å². The third kappa shape index (κ3) is 4.00. The number of hydrogen-bond donors (Lipinski definition) is 1. The summed E-state index contributed by atoms with van der Waals surface area (Å²) in [4.78, 5) is 20.7. The van der Waals surface area contributed by atoms with E-state index in [2.05, 4.69) is 15.3 Å². The predicted octanol–water partition coefficient (Wildman–Crippen LogP) is 2.69. The van der Waals surface area contributed by atoms with Gasteiger partial charge in [-0.15, -0.1) is 0 Å². The molecule has 140 valence electrons. The number of carbonyl (C=O) groups is 1. The van der Waals surface area contributed by atoms with Crippen LogP contribution in [0.1, 0.15) is 16.2 Å². The van der Waals surface area contributed by atoms with Gasteiger partial charge >= 0.3 is 0 Å². The van der Waals surface area contributed by atoms with Gasteiger partial charge in [0, 0.05) is 11.8 Å². The number of rotatable bonds is 7. The Balaban J connectivity index is 1.70. The predicted molar refractivity (Wildman–Crippen MR) is 97.0 cm³/mol. The van der Waals surface area contributed by atoms with E-state index in [9.17, 15) is 4.79 Å². The van der Waals surface area contributed by atoms with E-state index in [1.807, 2.05) is 6.07 Å². The summed E-state index contributed by atoms with van der Waals surface area (Å²) in [6.07, 6.45) is 3.02. The van der Waals surface area contributed by atoms with Crippen LogP contribution in [0.3, 0.4) is 0 Å². The van der Waals surface area contributed by atoms with Gasteiger partial charge in [-0.3, -0.25) is 4.79 Å². The molecule has 0 saturated carbocycles. The first-order valence-electron chi connectivity index (χ1n) is 8.10. The van der Waals surface area contributed by atoms with Crippen LogP contribution in [0.5, 0.6) is 17.2 Å². The van der Waals surface area contributed by atoms with Gasteiger partial charge in [-0.1, -0.05) is 0 Å². The van der Waals surface area contributed by atoms with Crippen LogP contribution < -0.4 is 19.5 Å². The molecule has 2 aromatic heterocycles. The lowest BCUT2D eigenvalue weighted by Gasteiger charge is -2.07. The van der Waals surface area contributed by atoms with E-state index >= 15 is 0 Å². The fraction of sp³-hybridized carbons (Fsp3) is 0.211. The van der Waals surface area contributed by atoms with E-state index in [0.717, 1.165) is 5.56 Å². The van der Waals surface area contributed by atoms with Gasteiger partial charge in [0.1, 0.15) is 12.0 Å². The van der Waals surface area contributed by atoms with Gasteiger partial charge in [0.2, 0.25) is 5.89 Å². The lowest BCUT2D eigenvalue weighted by Crippen LogP contribution is -2.24. The van der Waals surface area contributed by atoms with Crippen LogP contribution in [-0.2, 0) is 6.54 Å². The Morgan fingerprint density at radius 1 is 1.07 bits per heavy atom. The fourth-order valence-corrected chi connectivity index (χ4v) is 2.47. The summed E-state index contributed by atoms with van der Waals surface area (Å²) in [6, 6.07) is 8.73. The smallest absolute Gasteiger partial charge is 0.274 e. The Kier molecular flexibility index (Phi) is 5.55. The highest BCUT2D eigenvalue weighted by Gasteiger charge is 2.15. The van der Waals surface area contributed by atoms with Gasteiger partial charge in [0.15, 0.2) is 17.2 Å². The van der Waals surface area contributed by atoms with Crippen LogP contribution >= 0.6 is 0 Å². The molecule has 0 radical (unpaired) electrons. The Bertz CT molecular complexity index is 939. The summed E-state index contributed by atoms with van der Waals surface area (Å²) >= 11 is 0. The molecule has 0 spiro atoms. The molecule has 0 aliphatic rings. The zero-order chi connectivity index (χ0) is 19.2. The van der Waals surface area contributed by atoms with Crippen molar-refractivity contribution in [1.82, 2.24) is 15.3 Å². The number of pyridine rings is 1. The van der Waals surface area contributed by atoms with Crippen molar-refractivity contribution in [1.29, 1.82) is 0 Å². The lowest BCUT2D eigenvalue weighted by atomic mass is 10.2. The first kappa shape index (κ1) is 18.2. The van der Waals surface area contributed by atoms with Crippen molar-refractivity contribution in [3.05, 3.63) is 54.2 Å². The normalized spacial score (nSPS) is 10.3. The second-order valence-electron chi connectivity index (χ2n) is 5.45. The first-order chi connectivity index (χ1) is 13.2.